The average Bonchev–Trinajstić information content (AvgIpc) is 3.22. The molecule has 34 heavy (non-hydrogen) atoms. The van der Waals surface area contributed by atoms with E-state index in [9.17, 15) is 22.8 Å². The summed E-state index contributed by atoms with van der Waals surface area (Å²) in [5.74, 6) is 0.0725. The van der Waals surface area contributed by atoms with Crippen LogP contribution >= 0.6 is 0 Å². The topological polar surface area (TPSA) is 104 Å². The fourth-order valence-corrected chi connectivity index (χ4v) is 3.11. The molecule has 0 saturated heterocycles. The number of nitrogens with one attached hydrogen (secondary N) is 1. The largest absolute Gasteiger partial charge is 0.456 e. The Balaban J connectivity index is 1.46. The number of carbonyl (C=O) groups is 1. The van der Waals surface area contributed by atoms with E-state index in [1.54, 1.807) is 36.3 Å². The standard InChI is InChI=1S/C22H17F3N6O3/c1-30-12-13(10-28-30)17-9-14(7-8-26-17)34-15-3-6-19(27-11-15)29-20(32)16-4-5-18(22(23,24)25)31(2)21(16)33/h3-12H,1-2H3,(H,27,29,32). The van der Waals surface area contributed by atoms with Gasteiger partial charge in [-0.2, -0.15) is 18.3 Å². The van der Waals surface area contributed by atoms with Crippen molar-refractivity contribution in [2.45, 2.75) is 6.18 Å². The minimum atomic E-state index is -4.71. The van der Waals surface area contributed by atoms with Gasteiger partial charge in [0.1, 0.15) is 28.6 Å². The Bertz CT molecular complexity index is 1410. The molecule has 0 aliphatic rings. The van der Waals surface area contributed by atoms with Crippen molar-refractivity contribution in [2.24, 2.45) is 14.1 Å². The van der Waals surface area contributed by atoms with Crippen molar-refractivity contribution in [1.82, 2.24) is 24.3 Å². The Morgan fingerprint density at radius 3 is 2.47 bits per heavy atom. The summed E-state index contributed by atoms with van der Waals surface area (Å²) >= 11 is 0. The van der Waals surface area contributed by atoms with E-state index in [1.165, 1.54) is 18.3 Å². The third-order valence-corrected chi connectivity index (χ3v) is 4.79. The summed E-state index contributed by atoms with van der Waals surface area (Å²) in [5, 5.41) is 6.50. The van der Waals surface area contributed by atoms with E-state index in [1.807, 2.05) is 6.20 Å². The maximum Gasteiger partial charge on any atom is 0.431 e. The van der Waals surface area contributed by atoms with Gasteiger partial charge in [-0.15, -0.1) is 0 Å². The highest BCUT2D eigenvalue weighted by Crippen LogP contribution is 2.28. The molecular weight excluding hydrogens is 453 g/mol. The highest BCUT2D eigenvalue weighted by molar-refractivity contribution is 6.03. The molecule has 0 spiro atoms. The van der Waals surface area contributed by atoms with Crippen LogP contribution < -0.4 is 15.6 Å². The molecule has 0 aromatic carbocycles. The first-order valence-electron chi connectivity index (χ1n) is 9.79. The second-order valence-electron chi connectivity index (χ2n) is 7.21. The molecule has 174 valence electrons. The second-order valence-corrected chi connectivity index (χ2v) is 7.21. The van der Waals surface area contributed by atoms with Crippen LogP contribution in [0.2, 0.25) is 0 Å². The molecule has 0 unspecified atom stereocenters. The van der Waals surface area contributed by atoms with Crippen molar-refractivity contribution in [3.05, 3.63) is 82.8 Å². The third kappa shape index (κ3) is 4.80. The van der Waals surface area contributed by atoms with Gasteiger partial charge in [0, 0.05) is 38.1 Å². The summed E-state index contributed by atoms with van der Waals surface area (Å²) in [6.45, 7) is 0. The van der Waals surface area contributed by atoms with E-state index in [4.69, 9.17) is 4.74 Å². The number of aromatic nitrogens is 5. The van der Waals surface area contributed by atoms with Crippen LogP contribution in [0, 0.1) is 0 Å². The van der Waals surface area contributed by atoms with Gasteiger partial charge in [0.05, 0.1) is 18.1 Å². The number of hydrogen-bond acceptors (Lipinski definition) is 6. The third-order valence-electron chi connectivity index (χ3n) is 4.79. The molecule has 4 aromatic heterocycles. The van der Waals surface area contributed by atoms with Crippen LogP contribution in [-0.4, -0.2) is 30.2 Å². The zero-order valence-electron chi connectivity index (χ0n) is 17.9. The predicted molar refractivity (Wildman–Crippen MR) is 115 cm³/mol. The van der Waals surface area contributed by atoms with Gasteiger partial charge < -0.3 is 14.6 Å². The van der Waals surface area contributed by atoms with Crippen LogP contribution in [0.25, 0.3) is 11.3 Å². The number of pyridine rings is 3. The van der Waals surface area contributed by atoms with Gasteiger partial charge in [-0.3, -0.25) is 19.3 Å². The molecule has 0 bridgehead atoms. The zero-order chi connectivity index (χ0) is 24.5. The Morgan fingerprint density at radius 2 is 1.82 bits per heavy atom. The number of halogens is 3. The highest BCUT2D eigenvalue weighted by Gasteiger charge is 2.34. The Hall–Kier alpha value is -4.48. The molecule has 9 nitrogen and oxygen atoms in total. The lowest BCUT2D eigenvalue weighted by Crippen LogP contribution is -2.31. The van der Waals surface area contributed by atoms with E-state index in [0.717, 1.165) is 18.7 Å². The first-order valence-corrected chi connectivity index (χ1v) is 9.79. The second kappa shape index (κ2) is 8.81. The summed E-state index contributed by atoms with van der Waals surface area (Å²) in [6, 6.07) is 7.88. The molecule has 0 saturated carbocycles. The van der Waals surface area contributed by atoms with Gasteiger partial charge in [-0.1, -0.05) is 0 Å². The normalized spacial score (nSPS) is 11.3. The molecule has 4 heterocycles. The number of rotatable bonds is 5. The van der Waals surface area contributed by atoms with E-state index in [0.29, 0.717) is 27.8 Å². The summed E-state index contributed by atoms with van der Waals surface area (Å²) < 4.78 is 46.6. The lowest BCUT2D eigenvalue weighted by Gasteiger charge is -2.13. The van der Waals surface area contributed by atoms with Crippen molar-refractivity contribution < 1.29 is 22.7 Å². The molecule has 0 aliphatic heterocycles. The minimum absolute atomic E-state index is 0.0880. The number of amides is 1. The van der Waals surface area contributed by atoms with Crippen LogP contribution in [0.5, 0.6) is 11.5 Å². The van der Waals surface area contributed by atoms with E-state index >= 15 is 0 Å². The number of anilines is 1. The van der Waals surface area contributed by atoms with Gasteiger partial charge in [0.2, 0.25) is 0 Å². The molecule has 0 aliphatic carbocycles. The molecular formula is C22H17F3N6O3. The van der Waals surface area contributed by atoms with E-state index < -0.39 is 28.9 Å². The van der Waals surface area contributed by atoms with Gasteiger partial charge in [-0.25, -0.2) is 4.98 Å². The highest BCUT2D eigenvalue weighted by atomic mass is 19.4. The van der Waals surface area contributed by atoms with Crippen molar-refractivity contribution in [3.63, 3.8) is 0 Å². The van der Waals surface area contributed by atoms with Gasteiger partial charge in [-0.05, 0) is 30.3 Å². The van der Waals surface area contributed by atoms with Crippen molar-refractivity contribution in [2.75, 3.05) is 5.32 Å². The monoisotopic (exact) mass is 470 g/mol. The molecule has 4 aromatic rings. The van der Waals surface area contributed by atoms with Crippen LogP contribution in [-0.2, 0) is 20.3 Å². The number of aryl methyl sites for hydroxylation is 1. The number of ether oxygens (including phenoxy) is 1. The van der Waals surface area contributed by atoms with Crippen LogP contribution in [0.3, 0.4) is 0 Å². The molecule has 0 fully saturated rings. The van der Waals surface area contributed by atoms with E-state index in [2.05, 4.69) is 20.4 Å². The minimum Gasteiger partial charge on any atom is -0.456 e. The number of hydrogen-bond donors (Lipinski definition) is 1. The maximum absolute atomic E-state index is 12.9. The van der Waals surface area contributed by atoms with Gasteiger partial charge >= 0.3 is 6.18 Å². The predicted octanol–water partition coefficient (Wildman–Crippen LogP) is 3.64. The van der Waals surface area contributed by atoms with Crippen molar-refractivity contribution >= 4 is 11.7 Å². The van der Waals surface area contributed by atoms with Gasteiger partial charge in [0.25, 0.3) is 11.5 Å². The molecule has 0 radical (unpaired) electrons. The lowest BCUT2D eigenvalue weighted by atomic mass is 10.2. The number of carbonyl (C=O) groups excluding carboxylic acids is 1. The first kappa shape index (κ1) is 22.7. The first-order chi connectivity index (χ1) is 16.1. The quantitative estimate of drug-likeness (QED) is 0.478. The smallest absolute Gasteiger partial charge is 0.431 e. The maximum atomic E-state index is 12.9. The average molecular weight is 470 g/mol. The fourth-order valence-electron chi connectivity index (χ4n) is 3.11. The summed E-state index contributed by atoms with van der Waals surface area (Å²) in [6.07, 6.45) is 1.72. The van der Waals surface area contributed by atoms with Crippen LogP contribution in [0.1, 0.15) is 16.1 Å². The molecule has 1 amide bonds. The number of alkyl halides is 3. The van der Waals surface area contributed by atoms with Crippen molar-refractivity contribution in [1.29, 1.82) is 0 Å². The lowest BCUT2D eigenvalue weighted by molar-refractivity contribution is -0.143. The van der Waals surface area contributed by atoms with Crippen molar-refractivity contribution in [3.8, 4) is 22.8 Å². The SMILES string of the molecule is Cn1cc(-c2cc(Oc3ccc(NC(=O)c4ccc(C(F)(F)F)n(C)c4=O)nc3)ccn2)cn1. The molecule has 0 atom stereocenters. The Morgan fingerprint density at radius 1 is 1.03 bits per heavy atom. The summed E-state index contributed by atoms with van der Waals surface area (Å²) in [4.78, 5) is 33.0. The fraction of sp³-hybridized carbons (Fsp3) is 0.136. The summed E-state index contributed by atoms with van der Waals surface area (Å²) in [7, 11) is 2.75. The molecule has 12 heteroatoms. The van der Waals surface area contributed by atoms with Crippen LogP contribution in [0.4, 0.5) is 19.0 Å². The Labute approximate surface area is 190 Å². The Kier molecular flexibility index (Phi) is 5.88. The summed E-state index contributed by atoms with van der Waals surface area (Å²) in [5.41, 5.74) is -1.19. The molecule has 4 rings (SSSR count). The molecule has 1 N–H and O–H groups in total. The number of nitrogens with zero attached hydrogens (tertiary/aromatic N) is 5. The van der Waals surface area contributed by atoms with Crippen LogP contribution in [0.15, 0.2) is 66.0 Å². The van der Waals surface area contributed by atoms with Gasteiger partial charge in [0.15, 0.2) is 0 Å². The van der Waals surface area contributed by atoms with E-state index in [-0.39, 0.29) is 5.82 Å². The zero-order valence-corrected chi connectivity index (χ0v) is 17.9.